The average molecular weight is 361 g/mol. The maximum atomic E-state index is 14.1. The molecule has 1 aromatic heterocycles. The van der Waals surface area contributed by atoms with Crippen molar-refractivity contribution in [3.05, 3.63) is 52.3 Å². The standard InChI is InChI=1S/C19H21F2N3O2/c1-10-8-13-17(11(2)26-10)22-23-18(13)19(25)24(12-6-7-12)9-14-15(20)4-3-5-16(14)21/h3-5,10-12H,6-9H2,1-2H3,(H,22,23)/t10-,11+/m1/s1. The normalized spacial score (nSPS) is 22.2. The Kier molecular flexibility index (Phi) is 4.26. The number of halogens is 2. The smallest absolute Gasteiger partial charge is 0.275 e. The zero-order valence-electron chi connectivity index (χ0n) is 14.8. The number of aromatic nitrogens is 2. The van der Waals surface area contributed by atoms with E-state index in [2.05, 4.69) is 10.2 Å². The number of carbonyl (C=O) groups is 1. The van der Waals surface area contributed by atoms with Crippen LogP contribution in [0.5, 0.6) is 0 Å². The van der Waals surface area contributed by atoms with Crippen molar-refractivity contribution in [1.29, 1.82) is 0 Å². The zero-order valence-corrected chi connectivity index (χ0v) is 14.8. The summed E-state index contributed by atoms with van der Waals surface area (Å²) in [7, 11) is 0. The van der Waals surface area contributed by atoms with E-state index in [0.717, 1.165) is 24.1 Å². The molecule has 26 heavy (non-hydrogen) atoms. The van der Waals surface area contributed by atoms with Crippen LogP contribution in [-0.4, -0.2) is 33.2 Å². The van der Waals surface area contributed by atoms with Gasteiger partial charge >= 0.3 is 0 Å². The van der Waals surface area contributed by atoms with E-state index in [4.69, 9.17) is 4.74 Å². The summed E-state index contributed by atoms with van der Waals surface area (Å²) in [5, 5.41) is 7.12. The lowest BCUT2D eigenvalue weighted by Gasteiger charge is -2.26. The molecule has 0 spiro atoms. The van der Waals surface area contributed by atoms with Crippen LogP contribution in [0.15, 0.2) is 18.2 Å². The van der Waals surface area contributed by atoms with Gasteiger partial charge < -0.3 is 9.64 Å². The number of hydrogen-bond donors (Lipinski definition) is 1. The molecule has 0 bridgehead atoms. The number of aromatic amines is 1. The lowest BCUT2D eigenvalue weighted by molar-refractivity contribution is -0.00702. The van der Waals surface area contributed by atoms with Gasteiger partial charge in [0.1, 0.15) is 11.6 Å². The van der Waals surface area contributed by atoms with Crippen LogP contribution in [0.2, 0.25) is 0 Å². The van der Waals surface area contributed by atoms with Gasteiger partial charge in [0.2, 0.25) is 0 Å². The third-order valence-electron chi connectivity index (χ3n) is 5.07. The van der Waals surface area contributed by atoms with Crippen LogP contribution in [0.3, 0.4) is 0 Å². The molecular weight excluding hydrogens is 340 g/mol. The van der Waals surface area contributed by atoms with Gasteiger partial charge in [0.25, 0.3) is 5.91 Å². The van der Waals surface area contributed by atoms with Crippen LogP contribution >= 0.6 is 0 Å². The van der Waals surface area contributed by atoms with Crippen LogP contribution in [0, 0.1) is 11.6 Å². The highest BCUT2D eigenvalue weighted by atomic mass is 19.1. The van der Waals surface area contributed by atoms with Crippen molar-refractivity contribution in [2.75, 3.05) is 0 Å². The van der Waals surface area contributed by atoms with E-state index in [0.29, 0.717) is 12.1 Å². The van der Waals surface area contributed by atoms with Crippen LogP contribution < -0.4 is 0 Å². The van der Waals surface area contributed by atoms with Gasteiger partial charge in [0.15, 0.2) is 5.69 Å². The molecule has 2 aromatic rings. The maximum absolute atomic E-state index is 14.1. The Bertz CT molecular complexity index is 827. The Morgan fingerprint density at radius 3 is 2.65 bits per heavy atom. The highest BCUT2D eigenvalue weighted by Gasteiger charge is 2.38. The summed E-state index contributed by atoms with van der Waals surface area (Å²) >= 11 is 0. The zero-order chi connectivity index (χ0) is 18.4. The number of nitrogens with one attached hydrogen (secondary N) is 1. The lowest BCUT2D eigenvalue weighted by atomic mass is 9.99. The maximum Gasteiger partial charge on any atom is 0.275 e. The second kappa shape index (κ2) is 6.46. The molecule has 1 aliphatic heterocycles. The monoisotopic (exact) mass is 361 g/mol. The topological polar surface area (TPSA) is 58.2 Å². The summed E-state index contributed by atoms with van der Waals surface area (Å²) in [6, 6.07) is 3.75. The minimum atomic E-state index is -0.636. The second-order valence-corrected chi connectivity index (χ2v) is 7.12. The van der Waals surface area contributed by atoms with Gasteiger partial charge in [0.05, 0.1) is 24.4 Å². The average Bonchev–Trinajstić information content (AvgIpc) is 3.33. The van der Waals surface area contributed by atoms with Crippen molar-refractivity contribution in [2.45, 2.75) is 57.9 Å². The number of fused-ring (bicyclic) bond motifs is 1. The first kappa shape index (κ1) is 17.1. The molecule has 1 amide bonds. The molecule has 0 unspecified atom stereocenters. The summed E-state index contributed by atoms with van der Waals surface area (Å²) in [4.78, 5) is 14.7. The predicted octanol–water partition coefficient (Wildman–Crippen LogP) is 3.51. The molecule has 2 atom stereocenters. The van der Waals surface area contributed by atoms with E-state index in [1.165, 1.54) is 18.2 Å². The van der Waals surface area contributed by atoms with Crippen LogP contribution in [0.25, 0.3) is 0 Å². The van der Waals surface area contributed by atoms with E-state index in [1.54, 1.807) is 4.90 Å². The third-order valence-corrected chi connectivity index (χ3v) is 5.07. The fourth-order valence-corrected chi connectivity index (χ4v) is 3.59. The van der Waals surface area contributed by atoms with Crippen molar-refractivity contribution in [3.8, 4) is 0 Å². The molecule has 0 saturated heterocycles. The number of nitrogens with zero attached hydrogens (tertiary/aromatic N) is 2. The molecule has 7 heteroatoms. The summed E-state index contributed by atoms with van der Waals surface area (Å²) in [5.41, 5.74) is 1.91. The van der Waals surface area contributed by atoms with Gasteiger partial charge in [-0.15, -0.1) is 0 Å². The SMILES string of the molecule is C[C@@H]1Cc2c(C(=O)N(Cc3c(F)cccc3F)C3CC3)n[nH]c2[C@H](C)O1. The molecule has 2 heterocycles. The first-order valence-electron chi connectivity index (χ1n) is 8.92. The molecule has 1 aromatic carbocycles. The summed E-state index contributed by atoms with van der Waals surface area (Å²) in [6.45, 7) is 3.77. The van der Waals surface area contributed by atoms with E-state index < -0.39 is 11.6 Å². The molecular formula is C19H21F2N3O2. The number of amides is 1. The van der Waals surface area contributed by atoms with Gasteiger partial charge in [-0.3, -0.25) is 9.89 Å². The summed E-state index contributed by atoms with van der Waals surface area (Å²) < 4.78 is 33.9. The Morgan fingerprint density at radius 1 is 1.31 bits per heavy atom. The van der Waals surface area contributed by atoms with Crippen LogP contribution in [-0.2, 0) is 17.7 Å². The van der Waals surface area contributed by atoms with Crippen molar-refractivity contribution in [3.63, 3.8) is 0 Å². The van der Waals surface area contributed by atoms with E-state index in [1.807, 2.05) is 13.8 Å². The van der Waals surface area contributed by atoms with Crippen molar-refractivity contribution in [1.82, 2.24) is 15.1 Å². The molecule has 2 aliphatic rings. The fourth-order valence-electron chi connectivity index (χ4n) is 3.59. The number of rotatable bonds is 4. The van der Waals surface area contributed by atoms with Crippen molar-refractivity contribution >= 4 is 5.91 Å². The molecule has 1 N–H and O–H groups in total. The third kappa shape index (κ3) is 3.00. The molecule has 1 fully saturated rings. The molecule has 0 radical (unpaired) electrons. The van der Waals surface area contributed by atoms with E-state index in [-0.39, 0.29) is 36.3 Å². The highest BCUT2D eigenvalue weighted by Crippen LogP contribution is 2.34. The summed E-state index contributed by atoms with van der Waals surface area (Å²) in [6.07, 6.45) is 2.08. The number of benzene rings is 1. The second-order valence-electron chi connectivity index (χ2n) is 7.12. The summed E-state index contributed by atoms with van der Waals surface area (Å²) in [5.74, 6) is -1.56. The van der Waals surface area contributed by atoms with Gasteiger partial charge in [-0.1, -0.05) is 6.07 Å². The van der Waals surface area contributed by atoms with E-state index in [9.17, 15) is 13.6 Å². The molecule has 5 nitrogen and oxygen atoms in total. The number of ether oxygens (including phenoxy) is 1. The van der Waals surface area contributed by atoms with Crippen molar-refractivity contribution < 1.29 is 18.3 Å². The Balaban J connectivity index is 1.66. The number of H-pyrrole nitrogens is 1. The van der Waals surface area contributed by atoms with Gasteiger partial charge in [0, 0.05) is 23.6 Å². The largest absolute Gasteiger partial charge is 0.369 e. The Morgan fingerprint density at radius 2 is 2.00 bits per heavy atom. The molecule has 4 rings (SSSR count). The highest BCUT2D eigenvalue weighted by molar-refractivity contribution is 5.94. The lowest BCUT2D eigenvalue weighted by Crippen LogP contribution is -2.35. The van der Waals surface area contributed by atoms with E-state index >= 15 is 0 Å². The Labute approximate surface area is 150 Å². The van der Waals surface area contributed by atoms with Gasteiger partial charge in [-0.05, 0) is 38.8 Å². The first-order valence-corrected chi connectivity index (χ1v) is 8.92. The molecule has 1 saturated carbocycles. The minimum Gasteiger partial charge on any atom is -0.369 e. The molecule has 138 valence electrons. The Hall–Kier alpha value is -2.28. The van der Waals surface area contributed by atoms with Crippen LogP contribution in [0.4, 0.5) is 8.78 Å². The quantitative estimate of drug-likeness (QED) is 0.907. The van der Waals surface area contributed by atoms with Crippen LogP contribution in [0.1, 0.15) is 60.1 Å². The van der Waals surface area contributed by atoms with Gasteiger partial charge in [-0.25, -0.2) is 8.78 Å². The fraction of sp³-hybridized carbons (Fsp3) is 0.474. The first-order chi connectivity index (χ1) is 12.5. The number of carbonyl (C=O) groups excluding carboxylic acids is 1. The minimum absolute atomic E-state index is 0.00328. The van der Waals surface area contributed by atoms with Gasteiger partial charge in [-0.2, -0.15) is 5.10 Å². The predicted molar refractivity (Wildman–Crippen MR) is 90.5 cm³/mol. The number of hydrogen-bond acceptors (Lipinski definition) is 3. The van der Waals surface area contributed by atoms with Crippen molar-refractivity contribution in [2.24, 2.45) is 0 Å². The molecule has 1 aliphatic carbocycles.